The maximum absolute atomic E-state index is 5.62. The number of nitrogens with zero attached hydrogens (tertiary/aromatic N) is 5. The van der Waals surface area contributed by atoms with E-state index in [9.17, 15) is 0 Å². The fourth-order valence-corrected chi connectivity index (χ4v) is 4.30. The minimum atomic E-state index is 0.233. The summed E-state index contributed by atoms with van der Waals surface area (Å²) < 4.78 is 6.59. The van der Waals surface area contributed by atoms with Crippen molar-refractivity contribution in [3.63, 3.8) is 0 Å². The van der Waals surface area contributed by atoms with E-state index < -0.39 is 0 Å². The average Bonchev–Trinajstić information content (AvgIpc) is 3.19. The lowest BCUT2D eigenvalue weighted by Gasteiger charge is -2.28. The highest BCUT2D eigenvalue weighted by Gasteiger charge is 2.20. The molecule has 3 aromatic heterocycles. The number of aromatic nitrogens is 4. The standard InChI is InChI=1S/C20H17N6OS/c21-20-22-11-14(12-23-20)18-24-15-10-16(13-4-2-1-3-5-13)28-17(15)19(25-18)26-6-8-27-9-7-26/h2-5,10-12H,6-9H2,(H2,21,22,23). The SMILES string of the molecule is Nc1ncc(-c2nc(N3CCOCC3)c3sc(-c4cc[c]cc4)cc3n2)cn1. The molecule has 0 bridgehead atoms. The number of nitrogen functional groups attached to an aromatic ring is 1. The molecule has 0 atom stereocenters. The summed E-state index contributed by atoms with van der Waals surface area (Å²) >= 11 is 1.70. The number of benzene rings is 1. The van der Waals surface area contributed by atoms with Crippen molar-refractivity contribution < 1.29 is 4.74 Å². The van der Waals surface area contributed by atoms with Gasteiger partial charge in [0.1, 0.15) is 0 Å². The van der Waals surface area contributed by atoms with Crippen LogP contribution in [-0.4, -0.2) is 46.2 Å². The first-order valence-electron chi connectivity index (χ1n) is 8.96. The van der Waals surface area contributed by atoms with Crippen LogP contribution in [0.2, 0.25) is 0 Å². The highest BCUT2D eigenvalue weighted by Crippen LogP contribution is 2.38. The first-order chi connectivity index (χ1) is 13.8. The number of hydrogen-bond acceptors (Lipinski definition) is 8. The lowest BCUT2D eigenvalue weighted by atomic mass is 10.2. The van der Waals surface area contributed by atoms with Gasteiger partial charge in [-0.2, -0.15) is 0 Å². The molecule has 0 aliphatic carbocycles. The zero-order valence-corrected chi connectivity index (χ0v) is 15.8. The molecule has 0 spiro atoms. The summed E-state index contributed by atoms with van der Waals surface area (Å²) in [6.45, 7) is 2.99. The van der Waals surface area contributed by atoms with Gasteiger partial charge in [0.05, 0.1) is 29.0 Å². The predicted octanol–water partition coefficient (Wildman–Crippen LogP) is 3.03. The fraction of sp³-hybridized carbons (Fsp3) is 0.200. The van der Waals surface area contributed by atoms with Gasteiger partial charge >= 0.3 is 0 Å². The van der Waals surface area contributed by atoms with Crippen LogP contribution in [0.15, 0.2) is 42.7 Å². The minimum Gasteiger partial charge on any atom is -0.378 e. The molecule has 28 heavy (non-hydrogen) atoms. The first kappa shape index (κ1) is 17.0. The van der Waals surface area contributed by atoms with Gasteiger partial charge in [-0.25, -0.2) is 19.9 Å². The number of morpholine rings is 1. The second-order valence-corrected chi connectivity index (χ2v) is 7.47. The Hall–Kier alpha value is -3.10. The van der Waals surface area contributed by atoms with Gasteiger partial charge in [0.2, 0.25) is 5.95 Å². The van der Waals surface area contributed by atoms with E-state index in [2.05, 4.69) is 39.1 Å². The lowest BCUT2D eigenvalue weighted by Crippen LogP contribution is -2.36. The second kappa shape index (κ2) is 7.14. The summed E-state index contributed by atoms with van der Waals surface area (Å²) in [7, 11) is 0. The Morgan fingerprint density at radius 3 is 2.54 bits per heavy atom. The molecule has 0 saturated carbocycles. The number of rotatable bonds is 3. The van der Waals surface area contributed by atoms with Crippen molar-refractivity contribution in [3.05, 3.63) is 48.8 Å². The van der Waals surface area contributed by atoms with Gasteiger partial charge in [-0.05, 0) is 17.7 Å². The Morgan fingerprint density at radius 1 is 1.04 bits per heavy atom. The van der Waals surface area contributed by atoms with Gasteiger partial charge in [-0.3, -0.25) is 0 Å². The number of anilines is 2. The van der Waals surface area contributed by atoms with Crippen LogP contribution in [-0.2, 0) is 4.74 Å². The third-order valence-electron chi connectivity index (χ3n) is 4.60. The fourth-order valence-electron chi connectivity index (χ4n) is 3.18. The van der Waals surface area contributed by atoms with E-state index in [1.165, 1.54) is 0 Å². The Labute approximate surface area is 165 Å². The van der Waals surface area contributed by atoms with Crippen LogP contribution in [0, 0.1) is 6.07 Å². The van der Waals surface area contributed by atoms with Gasteiger partial charge in [0.25, 0.3) is 0 Å². The van der Waals surface area contributed by atoms with Crippen molar-refractivity contribution in [2.45, 2.75) is 0 Å². The van der Waals surface area contributed by atoms with Gasteiger partial charge in [-0.15, -0.1) is 11.3 Å². The van der Waals surface area contributed by atoms with Crippen LogP contribution in [0.25, 0.3) is 32.0 Å². The first-order valence-corrected chi connectivity index (χ1v) is 9.78. The van der Waals surface area contributed by atoms with E-state index in [-0.39, 0.29) is 5.95 Å². The third-order valence-corrected chi connectivity index (χ3v) is 5.77. The van der Waals surface area contributed by atoms with Gasteiger partial charge < -0.3 is 15.4 Å². The maximum atomic E-state index is 5.62. The molecule has 0 unspecified atom stereocenters. The van der Waals surface area contributed by atoms with Crippen molar-refractivity contribution in [1.82, 2.24) is 19.9 Å². The van der Waals surface area contributed by atoms with Crippen molar-refractivity contribution in [3.8, 4) is 21.8 Å². The van der Waals surface area contributed by atoms with Crippen LogP contribution in [0.3, 0.4) is 0 Å². The summed E-state index contributed by atoms with van der Waals surface area (Å²) in [6.07, 6.45) is 3.32. The van der Waals surface area contributed by atoms with Crippen LogP contribution in [0.1, 0.15) is 0 Å². The summed E-state index contributed by atoms with van der Waals surface area (Å²) in [6, 6.07) is 13.1. The molecule has 0 amide bonds. The van der Waals surface area contributed by atoms with E-state index in [1.54, 1.807) is 23.7 Å². The number of nitrogens with two attached hydrogens (primary N) is 1. The van der Waals surface area contributed by atoms with E-state index in [0.29, 0.717) is 19.0 Å². The highest BCUT2D eigenvalue weighted by atomic mass is 32.1. The van der Waals surface area contributed by atoms with Crippen molar-refractivity contribution in [1.29, 1.82) is 0 Å². The minimum absolute atomic E-state index is 0.233. The van der Waals surface area contributed by atoms with Crippen molar-refractivity contribution >= 4 is 33.3 Å². The molecular weight excluding hydrogens is 372 g/mol. The van der Waals surface area contributed by atoms with Crippen LogP contribution < -0.4 is 10.6 Å². The van der Waals surface area contributed by atoms with Crippen LogP contribution in [0.4, 0.5) is 11.8 Å². The van der Waals surface area contributed by atoms with E-state index >= 15 is 0 Å². The van der Waals surface area contributed by atoms with Crippen LogP contribution in [0.5, 0.6) is 0 Å². The largest absolute Gasteiger partial charge is 0.378 e. The van der Waals surface area contributed by atoms with Gasteiger partial charge in [0.15, 0.2) is 11.6 Å². The number of hydrogen-bond donors (Lipinski definition) is 1. The monoisotopic (exact) mass is 389 g/mol. The Bertz CT molecular complexity index is 1110. The smallest absolute Gasteiger partial charge is 0.219 e. The van der Waals surface area contributed by atoms with E-state index in [4.69, 9.17) is 20.4 Å². The Morgan fingerprint density at radius 2 is 1.79 bits per heavy atom. The molecule has 2 N–H and O–H groups in total. The van der Waals surface area contributed by atoms with Gasteiger partial charge in [0, 0.05) is 30.4 Å². The Balaban J connectivity index is 1.68. The molecule has 139 valence electrons. The highest BCUT2D eigenvalue weighted by molar-refractivity contribution is 7.22. The third kappa shape index (κ3) is 3.17. The van der Waals surface area contributed by atoms with Crippen LogP contribution >= 0.6 is 11.3 Å². The molecule has 1 aliphatic heterocycles. The van der Waals surface area contributed by atoms with Crippen molar-refractivity contribution in [2.75, 3.05) is 36.9 Å². The summed E-state index contributed by atoms with van der Waals surface area (Å²) in [5.74, 6) is 1.76. The lowest BCUT2D eigenvalue weighted by molar-refractivity contribution is 0.122. The summed E-state index contributed by atoms with van der Waals surface area (Å²) in [5.41, 5.74) is 8.43. The molecule has 4 aromatic rings. The molecule has 1 radical (unpaired) electrons. The zero-order chi connectivity index (χ0) is 18.9. The molecule has 1 fully saturated rings. The summed E-state index contributed by atoms with van der Waals surface area (Å²) in [5, 5.41) is 0. The summed E-state index contributed by atoms with van der Waals surface area (Å²) in [4.78, 5) is 21.2. The molecule has 1 aliphatic rings. The quantitative estimate of drug-likeness (QED) is 0.576. The van der Waals surface area contributed by atoms with E-state index in [0.717, 1.165) is 45.1 Å². The second-order valence-electron chi connectivity index (χ2n) is 6.41. The van der Waals surface area contributed by atoms with Gasteiger partial charge in [-0.1, -0.05) is 24.3 Å². The maximum Gasteiger partial charge on any atom is 0.219 e. The molecule has 1 saturated heterocycles. The average molecular weight is 389 g/mol. The van der Waals surface area contributed by atoms with E-state index in [1.807, 2.05) is 12.1 Å². The van der Waals surface area contributed by atoms with Crippen molar-refractivity contribution in [2.24, 2.45) is 0 Å². The normalized spacial score (nSPS) is 14.5. The molecule has 4 heterocycles. The number of thiophene rings is 1. The topological polar surface area (TPSA) is 90.0 Å². The Kier molecular flexibility index (Phi) is 4.34. The predicted molar refractivity (Wildman–Crippen MR) is 110 cm³/mol. The number of ether oxygens (including phenoxy) is 1. The zero-order valence-electron chi connectivity index (χ0n) is 15.0. The molecule has 7 nitrogen and oxygen atoms in total. The number of fused-ring (bicyclic) bond motifs is 1. The molecule has 8 heteroatoms. The molecular formula is C20H17N6OS. The molecule has 1 aromatic carbocycles. The molecule has 5 rings (SSSR count).